The van der Waals surface area contributed by atoms with Crippen LogP contribution in [0.5, 0.6) is 0 Å². The minimum atomic E-state index is -4.10. The molecular weight excluding hydrogens is 297 g/mol. The molecule has 21 heavy (non-hydrogen) atoms. The largest absolute Gasteiger partial charge is 0.326 e. The molecular formula is C13H12FN3O3S. The maximum atomic E-state index is 13.5. The number of nitrogens with zero attached hydrogens (tertiary/aromatic N) is 1. The normalized spacial score (nSPS) is 11.0. The van der Waals surface area contributed by atoms with Crippen molar-refractivity contribution in [2.75, 3.05) is 10.0 Å². The summed E-state index contributed by atoms with van der Waals surface area (Å²) in [5.74, 6) is -1.17. The van der Waals surface area contributed by atoms with Crippen LogP contribution < -0.4 is 10.0 Å². The van der Waals surface area contributed by atoms with Crippen LogP contribution in [0.1, 0.15) is 6.92 Å². The van der Waals surface area contributed by atoms with Gasteiger partial charge in [-0.15, -0.1) is 0 Å². The molecule has 6 nitrogen and oxygen atoms in total. The second-order valence-corrected chi connectivity index (χ2v) is 5.75. The fourth-order valence-corrected chi connectivity index (χ4v) is 2.66. The van der Waals surface area contributed by atoms with Gasteiger partial charge in [0.15, 0.2) is 5.82 Å². The predicted octanol–water partition coefficient (Wildman–Crippen LogP) is 1.98. The highest BCUT2D eigenvalue weighted by Gasteiger charge is 2.20. The number of nitrogens with one attached hydrogen (secondary N) is 2. The van der Waals surface area contributed by atoms with Crippen LogP contribution in [0.2, 0.25) is 0 Å². The number of amides is 1. The van der Waals surface area contributed by atoms with E-state index in [1.807, 2.05) is 0 Å². The van der Waals surface area contributed by atoms with E-state index in [4.69, 9.17) is 0 Å². The summed E-state index contributed by atoms with van der Waals surface area (Å²) in [6.45, 7) is 1.36. The Labute approximate surface area is 121 Å². The number of aromatic nitrogens is 1. The van der Waals surface area contributed by atoms with Crippen LogP contribution in [0.15, 0.2) is 47.6 Å². The fourth-order valence-electron chi connectivity index (χ4n) is 1.60. The summed E-state index contributed by atoms with van der Waals surface area (Å²) in [5.41, 5.74) is 0.753. The molecule has 0 aliphatic carbocycles. The molecule has 0 spiro atoms. The van der Waals surface area contributed by atoms with Gasteiger partial charge in [-0.3, -0.25) is 9.52 Å². The Hall–Kier alpha value is -2.48. The van der Waals surface area contributed by atoms with E-state index in [9.17, 15) is 17.6 Å². The third kappa shape index (κ3) is 3.76. The molecule has 0 unspecified atom stereocenters. The van der Waals surface area contributed by atoms with Crippen molar-refractivity contribution < 1.29 is 17.6 Å². The number of carbonyl (C=O) groups is 1. The zero-order valence-corrected chi connectivity index (χ0v) is 11.8. The van der Waals surface area contributed by atoms with Gasteiger partial charge in [-0.25, -0.2) is 9.37 Å². The Balaban J connectivity index is 2.21. The quantitative estimate of drug-likeness (QED) is 0.904. The standard InChI is InChI=1S/C13H12FN3O3S/c1-9(18)16-10-4-6-11(7-5-10)17-21(19,20)13-12(14)3-2-8-15-13/h2-8,17H,1H3,(H,16,18). The molecule has 0 saturated heterocycles. The predicted molar refractivity (Wildman–Crippen MR) is 75.7 cm³/mol. The Kier molecular flexibility index (Phi) is 4.18. The minimum Gasteiger partial charge on any atom is -0.326 e. The highest BCUT2D eigenvalue weighted by Crippen LogP contribution is 2.18. The van der Waals surface area contributed by atoms with Crippen LogP contribution in [0.25, 0.3) is 0 Å². The topological polar surface area (TPSA) is 88.2 Å². The number of pyridine rings is 1. The molecule has 2 rings (SSSR count). The van der Waals surface area contributed by atoms with Crippen molar-refractivity contribution in [2.24, 2.45) is 0 Å². The molecule has 2 aromatic rings. The lowest BCUT2D eigenvalue weighted by Gasteiger charge is -2.09. The van der Waals surface area contributed by atoms with Crippen molar-refractivity contribution in [2.45, 2.75) is 11.9 Å². The van der Waals surface area contributed by atoms with Crippen molar-refractivity contribution in [3.8, 4) is 0 Å². The molecule has 0 fully saturated rings. The lowest BCUT2D eigenvalue weighted by Crippen LogP contribution is -2.16. The van der Waals surface area contributed by atoms with Crippen LogP contribution in [0.3, 0.4) is 0 Å². The maximum Gasteiger partial charge on any atom is 0.282 e. The molecule has 1 heterocycles. The molecule has 0 aliphatic rings. The summed E-state index contributed by atoms with van der Waals surface area (Å²) in [7, 11) is -4.10. The van der Waals surface area contributed by atoms with Gasteiger partial charge in [-0.2, -0.15) is 8.42 Å². The van der Waals surface area contributed by atoms with E-state index in [1.165, 1.54) is 43.5 Å². The highest BCUT2D eigenvalue weighted by atomic mass is 32.2. The van der Waals surface area contributed by atoms with E-state index in [0.29, 0.717) is 5.69 Å². The van der Waals surface area contributed by atoms with E-state index in [0.717, 1.165) is 6.07 Å². The van der Waals surface area contributed by atoms with Gasteiger partial charge in [-0.05, 0) is 36.4 Å². The number of hydrogen-bond donors (Lipinski definition) is 2. The molecule has 0 radical (unpaired) electrons. The number of carbonyl (C=O) groups excluding carboxylic acids is 1. The number of rotatable bonds is 4. The zero-order chi connectivity index (χ0) is 15.5. The molecule has 0 saturated carbocycles. The molecule has 0 aliphatic heterocycles. The molecule has 1 aromatic carbocycles. The van der Waals surface area contributed by atoms with E-state index < -0.39 is 20.9 Å². The van der Waals surface area contributed by atoms with Gasteiger partial charge >= 0.3 is 0 Å². The van der Waals surface area contributed by atoms with Crippen molar-refractivity contribution >= 4 is 27.3 Å². The van der Waals surface area contributed by atoms with Gasteiger partial charge in [0.1, 0.15) is 0 Å². The number of hydrogen-bond acceptors (Lipinski definition) is 4. The summed E-state index contributed by atoms with van der Waals surface area (Å²) in [4.78, 5) is 14.4. The Morgan fingerprint density at radius 2 is 1.76 bits per heavy atom. The molecule has 1 aromatic heterocycles. The van der Waals surface area contributed by atoms with Crippen LogP contribution in [-0.2, 0) is 14.8 Å². The van der Waals surface area contributed by atoms with Crippen molar-refractivity contribution in [1.29, 1.82) is 0 Å². The average molecular weight is 309 g/mol. The first-order chi connectivity index (χ1) is 9.88. The Bertz CT molecular complexity index is 760. The molecule has 0 atom stereocenters. The molecule has 8 heteroatoms. The highest BCUT2D eigenvalue weighted by molar-refractivity contribution is 7.92. The zero-order valence-electron chi connectivity index (χ0n) is 11.0. The average Bonchev–Trinajstić information content (AvgIpc) is 2.40. The van der Waals surface area contributed by atoms with Crippen LogP contribution in [0, 0.1) is 5.82 Å². The number of benzene rings is 1. The van der Waals surface area contributed by atoms with Gasteiger partial charge in [0.2, 0.25) is 10.9 Å². The maximum absolute atomic E-state index is 13.5. The lowest BCUT2D eigenvalue weighted by molar-refractivity contribution is -0.114. The molecule has 1 amide bonds. The molecule has 2 N–H and O–H groups in total. The SMILES string of the molecule is CC(=O)Nc1ccc(NS(=O)(=O)c2ncccc2F)cc1. The first-order valence-electron chi connectivity index (χ1n) is 5.89. The third-order valence-corrected chi connectivity index (χ3v) is 3.75. The smallest absolute Gasteiger partial charge is 0.282 e. The van der Waals surface area contributed by atoms with Gasteiger partial charge < -0.3 is 5.32 Å². The number of sulfonamides is 1. The molecule has 0 bridgehead atoms. The Morgan fingerprint density at radius 3 is 2.33 bits per heavy atom. The second-order valence-electron chi connectivity index (χ2n) is 4.15. The van der Waals surface area contributed by atoms with Gasteiger partial charge in [0.05, 0.1) is 0 Å². The van der Waals surface area contributed by atoms with E-state index >= 15 is 0 Å². The Morgan fingerprint density at radius 1 is 1.14 bits per heavy atom. The third-order valence-electron chi connectivity index (χ3n) is 2.44. The first-order valence-corrected chi connectivity index (χ1v) is 7.38. The summed E-state index contributed by atoms with van der Waals surface area (Å²) < 4.78 is 39.7. The van der Waals surface area contributed by atoms with Crippen molar-refractivity contribution in [3.05, 3.63) is 48.4 Å². The van der Waals surface area contributed by atoms with E-state index in [2.05, 4.69) is 15.0 Å². The van der Waals surface area contributed by atoms with Crippen LogP contribution in [-0.4, -0.2) is 19.3 Å². The molecule has 110 valence electrons. The number of anilines is 2. The second kappa shape index (κ2) is 5.88. The summed E-state index contributed by atoms with van der Waals surface area (Å²) in [5, 5.41) is 1.88. The summed E-state index contributed by atoms with van der Waals surface area (Å²) in [6.07, 6.45) is 1.19. The summed E-state index contributed by atoms with van der Waals surface area (Å²) in [6, 6.07) is 8.26. The van der Waals surface area contributed by atoms with Crippen molar-refractivity contribution in [3.63, 3.8) is 0 Å². The first kappa shape index (κ1) is 14.9. The van der Waals surface area contributed by atoms with Gasteiger partial charge in [0, 0.05) is 24.5 Å². The van der Waals surface area contributed by atoms with E-state index in [1.54, 1.807) is 0 Å². The van der Waals surface area contributed by atoms with Crippen molar-refractivity contribution in [1.82, 2.24) is 4.98 Å². The van der Waals surface area contributed by atoms with Crippen LogP contribution in [0.4, 0.5) is 15.8 Å². The summed E-state index contributed by atoms with van der Waals surface area (Å²) >= 11 is 0. The lowest BCUT2D eigenvalue weighted by atomic mass is 10.3. The fraction of sp³-hybridized carbons (Fsp3) is 0.0769. The minimum absolute atomic E-state index is 0.231. The van der Waals surface area contributed by atoms with Gasteiger partial charge in [0.25, 0.3) is 10.0 Å². The van der Waals surface area contributed by atoms with Crippen LogP contribution >= 0.6 is 0 Å². The van der Waals surface area contributed by atoms with Gasteiger partial charge in [-0.1, -0.05) is 0 Å². The van der Waals surface area contributed by atoms with E-state index in [-0.39, 0.29) is 11.6 Å². The monoisotopic (exact) mass is 309 g/mol. The number of halogens is 1.